The number of nitrogens with zero attached hydrogens (tertiary/aromatic N) is 1. The fourth-order valence-electron chi connectivity index (χ4n) is 1.71. The van der Waals surface area contributed by atoms with Crippen LogP contribution in [-0.4, -0.2) is 4.98 Å². The fraction of sp³-hybridized carbons (Fsp3) is 0.214. The van der Waals surface area contributed by atoms with Gasteiger partial charge in [-0.3, -0.25) is 4.98 Å². The van der Waals surface area contributed by atoms with Crippen molar-refractivity contribution < 1.29 is 8.78 Å². The zero-order chi connectivity index (χ0) is 13.1. The number of anilines is 1. The smallest absolute Gasteiger partial charge is 0.126 e. The third kappa shape index (κ3) is 3.03. The van der Waals surface area contributed by atoms with Gasteiger partial charge in [0.1, 0.15) is 11.6 Å². The van der Waals surface area contributed by atoms with E-state index in [1.165, 1.54) is 12.1 Å². The maximum atomic E-state index is 13.1. The molecule has 0 saturated carbocycles. The van der Waals surface area contributed by atoms with Crippen LogP contribution in [0.1, 0.15) is 24.2 Å². The molecule has 0 aliphatic rings. The van der Waals surface area contributed by atoms with Crippen LogP contribution >= 0.6 is 0 Å². The molecule has 2 aromatic rings. The molecule has 1 N–H and O–H groups in total. The van der Waals surface area contributed by atoms with E-state index in [2.05, 4.69) is 10.3 Å². The summed E-state index contributed by atoms with van der Waals surface area (Å²) in [5.41, 5.74) is 2.30. The third-order valence-corrected chi connectivity index (χ3v) is 2.68. The first-order valence-electron chi connectivity index (χ1n) is 5.70. The molecule has 0 aliphatic carbocycles. The van der Waals surface area contributed by atoms with Crippen molar-refractivity contribution in [1.82, 2.24) is 4.98 Å². The summed E-state index contributed by atoms with van der Waals surface area (Å²) in [6.07, 6.45) is 1.70. The largest absolute Gasteiger partial charge is 0.377 e. The summed E-state index contributed by atoms with van der Waals surface area (Å²) in [5.74, 6) is -1.14. The standard InChI is InChI=1S/C14H14F2N2/c1-9-3-4-14(8-17-9)18-10(2)11-5-12(15)7-13(16)6-11/h3-8,10,18H,1-2H3. The van der Waals surface area contributed by atoms with Crippen molar-refractivity contribution in [3.8, 4) is 0 Å². The Hall–Kier alpha value is -1.97. The van der Waals surface area contributed by atoms with E-state index in [0.717, 1.165) is 17.4 Å². The zero-order valence-corrected chi connectivity index (χ0v) is 10.2. The topological polar surface area (TPSA) is 24.9 Å². The molecule has 4 heteroatoms. The van der Waals surface area contributed by atoms with Crippen molar-refractivity contribution in [2.75, 3.05) is 5.32 Å². The van der Waals surface area contributed by atoms with Gasteiger partial charge in [0, 0.05) is 17.8 Å². The number of rotatable bonds is 3. The molecule has 0 aliphatic heterocycles. The first-order chi connectivity index (χ1) is 8.54. The van der Waals surface area contributed by atoms with Crippen molar-refractivity contribution in [2.45, 2.75) is 19.9 Å². The molecule has 1 heterocycles. The van der Waals surface area contributed by atoms with Crippen LogP contribution in [0.4, 0.5) is 14.5 Å². The number of hydrogen-bond acceptors (Lipinski definition) is 2. The Morgan fingerprint density at radius 1 is 1.11 bits per heavy atom. The average Bonchev–Trinajstić information content (AvgIpc) is 2.31. The molecule has 0 amide bonds. The number of aryl methyl sites for hydroxylation is 1. The number of aromatic nitrogens is 1. The van der Waals surface area contributed by atoms with Gasteiger partial charge in [-0.1, -0.05) is 0 Å². The minimum Gasteiger partial charge on any atom is -0.377 e. The molecular formula is C14H14F2N2. The molecule has 1 aromatic carbocycles. The van der Waals surface area contributed by atoms with Crippen LogP contribution in [-0.2, 0) is 0 Å². The monoisotopic (exact) mass is 248 g/mol. The molecule has 0 bridgehead atoms. The van der Waals surface area contributed by atoms with Crippen LogP contribution < -0.4 is 5.32 Å². The lowest BCUT2D eigenvalue weighted by atomic mass is 10.1. The van der Waals surface area contributed by atoms with E-state index in [1.807, 2.05) is 26.0 Å². The van der Waals surface area contributed by atoms with Crippen molar-refractivity contribution in [2.24, 2.45) is 0 Å². The van der Waals surface area contributed by atoms with E-state index in [4.69, 9.17) is 0 Å². The van der Waals surface area contributed by atoms with E-state index < -0.39 is 11.6 Å². The first-order valence-corrected chi connectivity index (χ1v) is 5.70. The predicted octanol–water partition coefficient (Wildman–Crippen LogP) is 3.84. The molecule has 0 fully saturated rings. The van der Waals surface area contributed by atoms with Crippen LogP contribution in [0.25, 0.3) is 0 Å². The Balaban J connectivity index is 2.16. The lowest BCUT2D eigenvalue weighted by Gasteiger charge is -2.15. The second-order valence-corrected chi connectivity index (χ2v) is 4.26. The van der Waals surface area contributed by atoms with E-state index in [9.17, 15) is 8.78 Å². The van der Waals surface area contributed by atoms with Gasteiger partial charge in [-0.15, -0.1) is 0 Å². The van der Waals surface area contributed by atoms with E-state index >= 15 is 0 Å². The Labute approximate surface area is 105 Å². The quantitative estimate of drug-likeness (QED) is 0.892. The molecule has 2 nitrogen and oxygen atoms in total. The molecule has 0 radical (unpaired) electrons. The minimum atomic E-state index is -0.569. The number of hydrogen-bond donors (Lipinski definition) is 1. The van der Waals surface area contributed by atoms with Crippen LogP contribution in [0.2, 0.25) is 0 Å². The predicted molar refractivity (Wildman–Crippen MR) is 67.4 cm³/mol. The SMILES string of the molecule is Cc1ccc(NC(C)c2cc(F)cc(F)c2)cn1. The van der Waals surface area contributed by atoms with Crippen LogP contribution in [0, 0.1) is 18.6 Å². The van der Waals surface area contributed by atoms with Crippen molar-refractivity contribution in [1.29, 1.82) is 0 Å². The highest BCUT2D eigenvalue weighted by molar-refractivity contribution is 5.43. The van der Waals surface area contributed by atoms with E-state index in [-0.39, 0.29) is 6.04 Å². The number of nitrogens with one attached hydrogen (secondary N) is 1. The van der Waals surface area contributed by atoms with E-state index in [1.54, 1.807) is 6.20 Å². The maximum Gasteiger partial charge on any atom is 0.126 e. The number of halogens is 2. The second-order valence-electron chi connectivity index (χ2n) is 4.26. The highest BCUT2D eigenvalue weighted by Gasteiger charge is 2.08. The molecule has 1 unspecified atom stereocenters. The van der Waals surface area contributed by atoms with Gasteiger partial charge in [0.25, 0.3) is 0 Å². The van der Waals surface area contributed by atoms with Gasteiger partial charge in [-0.05, 0) is 43.7 Å². The lowest BCUT2D eigenvalue weighted by Crippen LogP contribution is -2.07. The molecule has 0 saturated heterocycles. The van der Waals surface area contributed by atoms with Gasteiger partial charge >= 0.3 is 0 Å². The van der Waals surface area contributed by atoms with E-state index in [0.29, 0.717) is 5.56 Å². The summed E-state index contributed by atoms with van der Waals surface area (Å²) in [4.78, 5) is 4.15. The molecule has 2 rings (SSSR count). The average molecular weight is 248 g/mol. The molecule has 0 spiro atoms. The highest BCUT2D eigenvalue weighted by atomic mass is 19.1. The summed E-state index contributed by atoms with van der Waals surface area (Å²) in [6.45, 7) is 3.74. The van der Waals surface area contributed by atoms with Gasteiger partial charge in [0.15, 0.2) is 0 Å². The Bertz CT molecular complexity index is 518. The normalized spacial score (nSPS) is 12.2. The number of benzene rings is 1. The third-order valence-electron chi connectivity index (χ3n) is 2.68. The summed E-state index contributed by atoms with van der Waals surface area (Å²) in [7, 11) is 0. The lowest BCUT2D eigenvalue weighted by molar-refractivity contribution is 0.577. The van der Waals surface area contributed by atoms with Crippen molar-refractivity contribution in [3.05, 3.63) is 59.4 Å². The van der Waals surface area contributed by atoms with Gasteiger partial charge < -0.3 is 5.32 Å². The van der Waals surface area contributed by atoms with Gasteiger partial charge in [-0.25, -0.2) is 8.78 Å². The summed E-state index contributed by atoms with van der Waals surface area (Å²) in [6, 6.07) is 7.07. The Kier molecular flexibility index (Phi) is 3.55. The fourth-order valence-corrected chi connectivity index (χ4v) is 1.71. The first kappa shape index (κ1) is 12.5. The highest BCUT2D eigenvalue weighted by Crippen LogP contribution is 2.20. The molecular weight excluding hydrogens is 234 g/mol. The van der Waals surface area contributed by atoms with Crippen molar-refractivity contribution in [3.63, 3.8) is 0 Å². The zero-order valence-electron chi connectivity index (χ0n) is 10.2. The summed E-state index contributed by atoms with van der Waals surface area (Å²) >= 11 is 0. The maximum absolute atomic E-state index is 13.1. The Morgan fingerprint density at radius 2 is 1.78 bits per heavy atom. The minimum absolute atomic E-state index is 0.195. The van der Waals surface area contributed by atoms with Gasteiger partial charge in [0.2, 0.25) is 0 Å². The molecule has 18 heavy (non-hydrogen) atoms. The van der Waals surface area contributed by atoms with Crippen LogP contribution in [0.15, 0.2) is 36.5 Å². The Morgan fingerprint density at radius 3 is 2.33 bits per heavy atom. The molecule has 1 atom stereocenters. The molecule has 1 aromatic heterocycles. The van der Waals surface area contributed by atoms with Crippen LogP contribution in [0.3, 0.4) is 0 Å². The van der Waals surface area contributed by atoms with Crippen molar-refractivity contribution >= 4 is 5.69 Å². The second kappa shape index (κ2) is 5.12. The van der Waals surface area contributed by atoms with Gasteiger partial charge in [0.05, 0.1) is 11.9 Å². The molecule has 94 valence electrons. The number of pyridine rings is 1. The van der Waals surface area contributed by atoms with Gasteiger partial charge in [-0.2, -0.15) is 0 Å². The summed E-state index contributed by atoms with van der Waals surface area (Å²) in [5, 5.41) is 3.14. The van der Waals surface area contributed by atoms with Crippen LogP contribution in [0.5, 0.6) is 0 Å². The summed E-state index contributed by atoms with van der Waals surface area (Å²) < 4.78 is 26.2.